The number of nitrogens with one attached hydrogen (secondary N) is 1. The SMILES string of the molecule is CN=C(NCC1CCS(=O)(=O)C1)N(C)CCOc1ccc(Cl)cc1. The third kappa shape index (κ3) is 5.87. The van der Waals surface area contributed by atoms with Crippen molar-refractivity contribution in [1.82, 2.24) is 10.2 Å². The number of hydrogen-bond donors (Lipinski definition) is 1. The van der Waals surface area contributed by atoms with Crippen LogP contribution in [0.5, 0.6) is 5.75 Å². The first kappa shape index (κ1) is 18.9. The van der Waals surface area contributed by atoms with Crippen molar-refractivity contribution in [2.24, 2.45) is 10.9 Å². The number of likely N-dealkylation sites (N-methyl/N-ethyl adjacent to an activating group) is 1. The highest BCUT2D eigenvalue weighted by atomic mass is 35.5. The lowest BCUT2D eigenvalue weighted by molar-refractivity contribution is 0.281. The Morgan fingerprint density at radius 3 is 2.71 bits per heavy atom. The van der Waals surface area contributed by atoms with Crippen LogP contribution in [0.15, 0.2) is 29.3 Å². The summed E-state index contributed by atoms with van der Waals surface area (Å²) in [7, 11) is 0.794. The first-order valence-corrected chi connectivity index (χ1v) is 10.1. The van der Waals surface area contributed by atoms with Gasteiger partial charge in [-0.25, -0.2) is 8.42 Å². The highest BCUT2D eigenvalue weighted by Gasteiger charge is 2.27. The van der Waals surface area contributed by atoms with Crippen LogP contribution in [-0.4, -0.2) is 64.6 Å². The lowest BCUT2D eigenvalue weighted by atomic mass is 10.1. The van der Waals surface area contributed by atoms with Gasteiger partial charge in [0.15, 0.2) is 15.8 Å². The van der Waals surface area contributed by atoms with E-state index in [1.165, 1.54) is 0 Å². The Morgan fingerprint density at radius 2 is 2.12 bits per heavy atom. The van der Waals surface area contributed by atoms with Gasteiger partial charge in [-0.2, -0.15) is 0 Å². The fourth-order valence-electron chi connectivity index (χ4n) is 2.59. The Labute approximate surface area is 148 Å². The largest absolute Gasteiger partial charge is 0.492 e. The van der Waals surface area contributed by atoms with Gasteiger partial charge in [-0.15, -0.1) is 0 Å². The third-order valence-electron chi connectivity index (χ3n) is 3.96. The van der Waals surface area contributed by atoms with E-state index in [0.29, 0.717) is 30.5 Å². The molecule has 0 spiro atoms. The molecule has 1 aromatic rings. The predicted molar refractivity (Wildman–Crippen MR) is 97.7 cm³/mol. The quantitative estimate of drug-likeness (QED) is 0.606. The van der Waals surface area contributed by atoms with Crippen LogP contribution in [0.25, 0.3) is 0 Å². The van der Waals surface area contributed by atoms with Crippen molar-refractivity contribution in [2.45, 2.75) is 6.42 Å². The van der Waals surface area contributed by atoms with Crippen molar-refractivity contribution in [1.29, 1.82) is 0 Å². The molecule has 1 saturated heterocycles. The Balaban J connectivity index is 1.73. The van der Waals surface area contributed by atoms with Gasteiger partial charge in [0.25, 0.3) is 0 Å². The van der Waals surface area contributed by atoms with E-state index in [4.69, 9.17) is 16.3 Å². The zero-order chi connectivity index (χ0) is 17.6. The number of hydrogen-bond acceptors (Lipinski definition) is 4. The molecule has 1 aliphatic rings. The molecule has 1 atom stereocenters. The highest BCUT2D eigenvalue weighted by molar-refractivity contribution is 7.91. The summed E-state index contributed by atoms with van der Waals surface area (Å²) in [5.74, 6) is 2.22. The molecule has 0 aliphatic carbocycles. The van der Waals surface area contributed by atoms with Crippen LogP contribution in [-0.2, 0) is 9.84 Å². The third-order valence-corrected chi connectivity index (χ3v) is 6.05. The topological polar surface area (TPSA) is 71.0 Å². The van der Waals surface area contributed by atoms with Gasteiger partial charge in [0.1, 0.15) is 12.4 Å². The molecule has 24 heavy (non-hydrogen) atoms. The second-order valence-corrected chi connectivity index (χ2v) is 8.59. The van der Waals surface area contributed by atoms with Gasteiger partial charge >= 0.3 is 0 Å². The molecule has 0 amide bonds. The summed E-state index contributed by atoms with van der Waals surface area (Å²) >= 11 is 5.84. The second-order valence-electron chi connectivity index (χ2n) is 5.92. The number of aliphatic imine (C=N–C) groups is 1. The molecule has 2 rings (SSSR count). The van der Waals surface area contributed by atoms with Crippen molar-refractivity contribution in [2.75, 3.05) is 45.3 Å². The Morgan fingerprint density at radius 1 is 1.42 bits per heavy atom. The van der Waals surface area contributed by atoms with Crippen LogP contribution in [0.2, 0.25) is 5.02 Å². The van der Waals surface area contributed by atoms with Gasteiger partial charge in [0, 0.05) is 25.7 Å². The number of sulfone groups is 1. The van der Waals surface area contributed by atoms with E-state index in [-0.39, 0.29) is 11.7 Å². The van der Waals surface area contributed by atoms with Crippen molar-refractivity contribution in [3.63, 3.8) is 0 Å². The van der Waals surface area contributed by atoms with Crippen molar-refractivity contribution < 1.29 is 13.2 Å². The highest BCUT2D eigenvalue weighted by Crippen LogP contribution is 2.17. The molecule has 134 valence electrons. The van der Waals surface area contributed by atoms with Gasteiger partial charge in [0.2, 0.25) is 0 Å². The maximum Gasteiger partial charge on any atom is 0.193 e. The zero-order valence-electron chi connectivity index (χ0n) is 14.0. The standard InChI is InChI=1S/C16H24ClN3O3S/c1-18-16(19-11-13-7-10-24(21,22)12-13)20(2)8-9-23-15-5-3-14(17)4-6-15/h3-6,13H,7-12H2,1-2H3,(H,18,19). The molecule has 0 radical (unpaired) electrons. The molecular formula is C16H24ClN3O3S. The van der Waals surface area contributed by atoms with Gasteiger partial charge in [-0.3, -0.25) is 4.99 Å². The predicted octanol–water partition coefficient (Wildman–Crippen LogP) is 1.66. The van der Waals surface area contributed by atoms with Gasteiger partial charge in [0.05, 0.1) is 18.1 Å². The first-order valence-electron chi connectivity index (χ1n) is 7.90. The van der Waals surface area contributed by atoms with Crippen LogP contribution in [0, 0.1) is 5.92 Å². The molecule has 0 bridgehead atoms. The normalized spacial score (nSPS) is 20.0. The molecule has 0 aromatic heterocycles. The van der Waals surface area contributed by atoms with Crippen molar-refractivity contribution in [3.8, 4) is 5.75 Å². The average Bonchev–Trinajstić information content (AvgIpc) is 2.89. The summed E-state index contributed by atoms with van der Waals surface area (Å²) in [6.45, 7) is 1.79. The van der Waals surface area contributed by atoms with Gasteiger partial charge in [-0.05, 0) is 36.6 Å². The van der Waals surface area contributed by atoms with Crippen LogP contribution in [0.4, 0.5) is 0 Å². The number of benzene rings is 1. The maximum atomic E-state index is 11.5. The van der Waals surface area contributed by atoms with Crippen LogP contribution >= 0.6 is 11.6 Å². The van der Waals surface area contributed by atoms with E-state index in [2.05, 4.69) is 10.3 Å². The molecule has 1 N–H and O–H groups in total. The molecule has 6 nitrogen and oxygen atoms in total. The van der Waals surface area contributed by atoms with Crippen LogP contribution in [0.1, 0.15) is 6.42 Å². The summed E-state index contributed by atoms with van der Waals surface area (Å²) < 4.78 is 28.7. The number of rotatable bonds is 6. The molecule has 0 saturated carbocycles. The Hall–Kier alpha value is -1.47. The Kier molecular flexibility index (Phi) is 6.74. The number of guanidine groups is 1. The van der Waals surface area contributed by atoms with Crippen LogP contribution < -0.4 is 10.1 Å². The smallest absolute Gasteiger partial charge is 0.193 e. The van der Waals surface area contributed by atoms with E-state index in [1.807, 2.05) is 24.1 Å². The zero-order valence-corrected chi connectivity index (χ0v) is 15.6. The minimum Gasteiger partial charge on any atom is -0.492 e. The molecule has 1 aromatic carbocycles. The molecular weight excluding hydrogens is 350 g/mol. The number of ether oxygens (including phenoxy) is 1. The van der Waals surface area contributed by atoms with E-state index in [9.17, 15) is 8.42 Å². The van der Waals surface area contributed by atoms with Gasteiger partial charge < -0.3 is 15.0 Å². The monoisotopic (exact) mass is 373 g/mol. The average molecular weight is 374 g/mol. The summed E-state index contributed by atoms with van der Waals surface area (Å²) in [6, 6.07) is 7.24. The van der Waals surface area contributed by atoms with Crippen LogP contribution in [0.3, 0.4) is 0 Å². The van der Waals surface area contributed by atoms with Crippen molar-refractivity contribution in [3.05, 3.63) is 29.3 Å². The minimum atomic E-state index is -2.84. The number of nitrogens with zero attached hydrogens (tertiary/aromatic N) is 2. The van der Waals surface area contributed by atoms with E-state index in [0.717, 1.165) is 18.1 Å². The fourth-order valence-corrected chi connectivity index (χ4v) is 4.58. The Bertz CT molecular complexity index is 662. The maximum absolute atomic E-state index is 11.5. The molecule has 1 fully saturated rings. The first-order chi connectivity index (χ1) is 11.4. The molecule has 1 unspecified atom stereocenters. The minimum absolute atomic E-state index is 0.158. The van der Waals surface area contributed by atoms with E-state index in [1.54, 1.807) is 19.2 Å². The lowest BCUT2D eigenvalue weighted by Crippen LogP contribution is -2.42. The summed E-state index contributed by atoms with van der Waals surface area (Å²) in [4.78, 5) is 6.19. The molecule has 1 heterocycles. The lowest BCUT2D eigenvalue weighted by Gasteiger charge is -2.23. The van der Waals surface area contributed by atoms with E-state index < -0.39 is 9.84 Å². The molecule has 1 aliphatic heterocycles. The summed E-state index contributed by atoms with van der Waals surface area (Å²) in [5.41, 5.74) is 0. The second kappa shape index (κ2) is 8.58. The molecule has 8 heteroatoms. The fraction of sp³-hybridized carbons (Fsp3) is 0.562. The van der Waals surface area contributed by atoms with Crippen molar-refractivity contribution >= 4 is 27.4 Å². The summed E-state index contributed by atoms with van der Waals surface area (Å²) in [6.07, 6.45) is 0.718. The van der Waals surface area contributed by atoms with Gasteiger partial charge in [-0.1, -0.05) is 11.6 Å². The summed E-state index contributed by atoms with van der Waals surface area (Å²) in [5, 5.41) is 3.92. The number of halogens is 1. The van der Waals surface area contributed by atoms with E-state index >= 15 is 0 Å².